The van der Waals surface area contributed by atoms with Gasteiger partial charge in [0.2, 0.25) is 0 Å². The third kappa shape index (κ3) is 7.97. The van der Waals surface area contributed by atoms with E-state index < -0.39 is 6.17 Å². The highest BCUT2D eigenvalue weighted by Gasteiger charge is 2.12. The minimum atomic E-state index is -0.532. The molecule has 78 valence electrons. The molecule has 2 heteroatoms. The molecule has 0 aromatic heterocycles. The van der Waals surface area contributed by atoms with Crippen LogP contribution in [-0.4, -0.2) is 31.2 Å². The van der Waals surface area contributed by atoms with E-state index in [0.717, 1.165) is 38.8 Å². The van der Waals surface area contributed by atoms with Gasteiger partial charge in [-0.05, 0) is 39.3 Å². The van der Waals surface area contributed by atoms with Crippen molar-refractivity contribution in [2.75, 3.05) is 20.1 Å². The van der Waals surface area contributed by atoms with Crippen LogP contribution in [0.4, 0.5) is 4.39 Å². The molecule has 0 radical (unpaired) electrons. The summed E-state index contributed by atoms with van der Waals surface area (Å²) >= 11 is 0. The number of halogens is 1. The van der Waals surface area contributed by atoms with Crippen LogP contribution >= 0.6 is 0 Å². The van der Waals surface area contributed by atoms with Crippen LogP contribution in [0.2, 0.25) is 0 Å². The first-order valence-electron chi connectivity index (χ1n) is 5.14. The van der Waals surface area contributed by atoms with Gasteiger partial charge in [0.05, 0.1) is 0 Å². The monoisotopic (exact) mass is 187 g/mol. The van der Waals surface area contributed by atoms with E-state index in [1.54, 1.807) is 0 Å². The zero-order valence-corrected chi connectivity index (χ0v) is 8.93. The fourth-order valence-electron chi connectivity index (χ4n) is 1.20. The maximum Gasteiger partial charge on any atom is 0.101 e. The van der Waals surface area contributed by atoms with Crippen molar-refractivity contribution in [3.8, 4) is 0 Å². The van der Waals surface area contributed by atoms with Gasteiger partial charge in [-0.25, -0.2) is 4.39 Å². The van der Waals surface area contributed by atoms with Crippen molar-refractivity contribution in [1.29, 1.82) is 0 Å². The van der Waals surface area contributed by atoms with Crippen molar-refractivity contribution in [3.63, 3.8) is 0 Å². The average molecular weight is 187 g/mol. The molecule has 0 spiro atoms. The average Bonchev–Trinajstić information content (AvgIpc) is 2.32. The molecule has 1 rings (SSSR count). The Bertz CT molecular complexity index is 115. The minimum absolute atomic E-state index is 0.532. The second kappa shape index (κ2) is 8.24. The molecular weight excluding hydrogens is 165 g/mol. The summed E-state index contributed by atoms with van der Waals surface area (Å²) in [5.41, 5.74) is 0. The molecule has 0 aliphatic carbocycles. The molecule has 1 aliphatic rings. The predicted octanol–water partition coefficient (Wildman–Crippen LogP) is 3.02. The van der Waals surface area contributed by atoms with E-state index in [1.807, 2.05) is 6.08 Å². The molecule has 13 heavy (non-hydrogen) atoms. The second-order valence-electron chi connectivity index (χ2n) is 3.53. The molecule has 0 aromatic rings. The maximum atomic E-state index is 12.6. The van der Waals surface area contributed by atoms with Crippen LogP contribution in [0.5, 0.6) is 0 Å². The number of likely N-dealkylation sites (tertiary alicyclic amines) is 1. The van der Waals surface area contributed by atoms with Crippen LogP contribution in [0.3, 0.4) is 0 Å². The van der Waals surface area contributed by atoms with E-state index in [4.69, 9.17) is 0 Å². The Morgan fingerprint density at radius 1 is 1.46 bits per heavy atom. The lowest BCUT2D eigenvalue weighted by Crippen LogP contribution is -2.18. The van der Waals surface area contributed by atoms with E-state index >= 15 is 0 Å². The normalized spacial score (nSPS) is 24.1. The van der Waals surface area contributed by atoms with Crippen molar-refractivity contribution in [3.05, 3.63) is 12.7 Å². The van der Waals surface area contributed by atoms with E-state index in [1.165, 1.54) is 0 Å². The number of hydrogen-bond donors (Lipinski definition) is 0. The molecule has 0 aromatic carbocycles. The number of nitrogens with zero attached hydrogens (tertiary/aromatic N) is 1. The summed E-state index contributed by atoms with van der Waals surface area (Å²) in [6.45, 7) is 7.54. The molecular formula is C11H22FN. The largest absolute Gasteiger partial charge is 0.306 e. The highest BCUT2D eigenvalue weighted by Crippen LogP contribution is 2.11. The summed E-state index contributed by atoms with van der Waals surface area (Å²) in [6.07, 6.45) is 4.95. The zero-order chi connectivity index (χ0) is 10.1. The lowest BCUT2D eigenvalue weighted by Gasteiger charge is -2.10. The Morgan fingerprint density at radius 3 is 2.62 bits per heavy atom. The number of allylic oxidation sites excluding steroid dienone is 1. The van der Waals surface area contributed by atoms with Crippen LogP contribution < -0.4 is 0 Å². The summed E-state index contributed by atoms with van der Waals surface area (Å²) in [5.74, 6) is 0. The van der Waals surface area contributed by atoms with Crippen molar-refractivity contribution in [1.82, 2.24) is 4.90 Å². The lowest BCUT2D eigenvalue weighted by molar-refractivity contribution is 0.290. The Labute approximate surface area is 81.6 Å². The molecule has 1 saturated heterocycles. The van der Waals surface area contributed by atoms with Gasteiger partial charge in [0.1, 0.15) is 6.17 Å². The van der Waals surface area contributed by atoms with Gasteiger partial charge in [0.15, 0.2) is 0 Å². The Morgan fingerprint density at radius 2 is 2.08 bits per heavy atom. The van der Waals surface area contributed by atoms with E-state index in [-0.39, 0.29) is 0 Å². The number of alkyl halides is 1. The highest BCUT2D eigenvalue weighted by atomic mass is 19.1. The number of rotatable bonds is 1. The molecule has 0 N–H and O–H groups in total. The Kier molecular flexibility index (Phi) is 8.00. The molecule has 1 heterocycles. The van der Waals surface area contributed by atoms with Crippen molar-refractivity contribution >= 4 is 0 Å². The quantitative estimate of drug-likeness (QED) is 0.570. The first-order valence-corrected chi connectivity index (χ1v) is 5.14. The third-order valence-electron chi connectivity index (χ3n) is 2.17. The van der Waals surface area contributed by atoms with Crippen molar-refractivity contribution < 1.29 is 4.39 Å². The topological polar surface area (TPSA) is 3.24 Å². The van der Waals surface area contributed by atoms with Gasteiger partial charge >= 0.3 is 0 Å². The molecule has 1 atom stereocenters. The van der Waals surface area contributed by atoms with E-state index in [9.17, 15) is 4.39 Å². The van der Waals surface area contributed by atoms with Crippen LogP contribution in [0.1, 0.15) is 32.6 Å². The molecule has 0 bridgehead atoms. The lowest BCUT2D eigenvalue weighted by atomic mass is 10.2. The predicted molar refractivity (Wildman–Crippen MR) is 56.7 cm³/mol. The molecule has 0 amide bonds. The van der Waals surface area contributed by atoms with Crippen molar-refractivity contribution in [2.45, 2.75) is 38.8 Å². The summed E-state index contributed by atoms with van der Waals surface area (Å²) in [4.78, 5) is 2.19. The van der Waals surface area contributed by atoms with Crippen LogP contribution in [-0.2, 0) is 0 Å². The second-order valence-corrected chi connectivity index (χ2v) is 3.53. The Balaban J connectivity index is 0.000000310. The van der Waals surface area contributed by atoms with Gasteiger partial charge < -0.3 is 4.90 Å². The number of hydrogen-bond acceptors (Lipinski definition) is 1. The standard InChI is InChI=1S/C7H14FN.C4H8/c1-9-5-2-3-7(8)4-6-9;1-3-4-2/h7H,2-6H2,1H3;3H,1,4H2,2H3. The molecule has 1 nitrogen and oxygen atoms in total. The van der Waals surface area contributed by atoms with E-state index in [0.29, 0.717) is 0 Å². The summed E-state index contributed by atoms with van der Waals surface area (Å²) in [5, 5.41) is 0. The van der Waals surface area contributed by atoms with Gasteiger partial charge in [-0.15, -0.1) is 6.58 Å². The zero-order valence-electron chi connectivity index (χ0n) is 8.93. The molecule has 1 fully saturated rings. The van der Waals surface area contributed by atoms with Gasteiger partial charge in [-0.2, -0.15) is 0 Å². The van der Waals surface area contributed by atoms with Gasteiger partial charge in [0, 0.05) is 6.54 Å². The van der Waals surface area contributed by atoms with Gasteiger partial charge in [-0.1, -0.05) is 13.0 Å². The minimum Gasteiger partial charge on any atom is -0.306 e. The smallest absolute Gasteiger partial charge is 0.101 e. The summed E-state index contributed by atoms with van der Waals surface area (Å²) in [6, 6.07) is 0. The van der Waals surface area contributed by atoms with Gasteiger partial charge in [0.25, 0.3) is 0 Å². The van der Waals surface area contributed by atoms with Crippen LogP contribution in [0, 0.1) is 0 Å². The molecule has 0 saturated carbocycles. The van der Waals surface area contributed by atoms with E-state index in [2.05, 4.69) is 25.5 Å². The fraction of sp³-hybridized carbons (Fsp3) is 0.818. The third-order valence-corrected chi connectivity index (χ3v) is 2.17. The first-order chi connectivity index (χ1) is 6.20. The van der Waals surface area contributed by atoms with Gasteiger partial charge in [-0.3, -0.25) is 0 Å². The fourth-order valence-corrected chi connectivity index (χ4v) is 1.20. The molecule has 1 unspecified atom stereocenters. The SMILES string of the molecule is C=CCC.CN1CCCC(F)CC1. The Hall–Kier alpha value is -0.370. The highest BCUT2D eigenvalue weighted by molar-refractivity contribution is 4.65. The first kappa shape index (κ1) is 12.6. The summed E-state index contributed by atoms with van der Waals surface area (Å²) < 4.78 is 12.6. The van der Waals surface area contributed by atoms with Crippen LogP contribution in [0.25, 0.3) is 0 Å². The molecule has 1 aliphatic heterocycles. The van der Waals surface area contributed by atoms with Crippen molar-refractivity contribution in [2.24, 2.45) is 0 Å². The van der Waals surface area contributed by atoms with Crippen LogP contribution in [0.15, 0.2) is 12.7 Å². The maximum absolute atomic E-state index is 12.6. The summed E-state index contributed by atoms with van der Waals surface area (Å²) in [7, 11) is 2.05.